The zero-order chi connectivity index (χ0) is 13.1. The number of halogens is 1. The first-order chi connectivity index (χ1) is 8.60. The number of rotatable bonds is 3. The lowest BCUT2D eigenvalue weighted by atomic mass is 10.1. The van der Waals surface area contributed by atoms with Gasteiger partial charge in [0.05, 0.1) is 29.9 Å². The predicted octanol–water partition coefficient (Wildman–Crippen LogP) is 1.56. The van der Waals surface area contributed by atoms with Crippen LogP contribution in [0.5, 0.6) is 0 Å². The van der Waals surface area contributed by atoms with Gasteiger partial charge in [-0.15, -0.1) is 0 Å². The SMILES string of the molecule is N#Cc1ccc(Cn2cc(C(N)=O)cn2)c(Cl)c1. The summed E-state index contributed by atoms with van der Waals surface area (Å²) in [6, 6.07) is 7.04. The number of benzene rings is 1. The minimum atomic E-state index is -0.521. The van der Waals surface area contributed by atoms with Crippen molar-refractivity contribution in [2.24, 2.45) is 5.73 Å². The molecule has 0 fully saturated rings. The Labute approximate surface area is 108 Å². The van der Waals surface area contributed by atoms with Gasteiger partial charge in [0.15, 0.2) is 0 Å². The van der Waals surface area contributed by atoms with E-state index in [4.69, 9.17) is 22.6 Å². The number of nitriles is 1. The summed E-state index contributed by atoms with van der Waals surface area (Å²) in [6.07, 6.45) is 2.96. The molecule has 0 unspecified atom stereocenters. The van der Waals surface area contributed by atoms with E-state index >= 15 is 0 Å². The number of primary amides is 1. The molecule has 0 aliphatic heterocycles. The number of carbonyl (C=O) groups is 1. The topological polar surface area (TPSA) is 84.7 Å². The largest absolute Gasteiger partial charge is 0.366 e. The third kappa shape index (κ3) is 2.50. The van der Waals surface area contributed by atoms with Gasteiger partial charge in [-0.3, -0.25) is 9.48 Å². The number of nitrogens with zero attached hydrogens (tertiary/aromatic N) is 3. The summed E-state index contributed by atoms with van der Waals surface area (Å²) in [7, 11) is 0. The first kappa shape index (κ1) is 12.1. The van der Waals surface area contributed by atoms with Crippen LogP contribution in [-0.2, 0) is 6.54 Å². The van der Waals surface area contributed by atoms with Crippen molar-refractivity contribution in [3.8, 4) is 6.07 Å². The minimum absolute atomic E-state index is 0.347. The molecule has 90 valence electrons. The van der Waals surface area contributed by atoms with Crippen molar-refractivity contribution >= 4 is 17.5 Å². The monoisotopic (exact) mass is 260 g/mol. The van der Waals surface area contributed by atoms with Gasteiger partial charge in [0, 0.05) is 11.2 Å². The van der Waals surface area contributed by atoms with Gasteiger partial charge in [-0.05, 0) is 17.7 Å². The fraction of sp³-hybridized carbons (Fsp3) is 0.0833. The summed E-state index contributed by atoms with van der Waals surface area (Å²) >= 11 is 6.04. The quantitative estimate of drug-likeness (QED) is 0.909. The average Bonchev–Trinajstić information content (AvgIpc) is 2.80. The Morgan fingerprint density at radius 2 is 2.33 bits per heavy atom. The van der Waals surface area contributed by atoms with E-state index in [2.05, 4.69) is 5.10 Å². The summed E-state index contributed by atoms with van der Waals surface area (Å²) < 4.78 is 1.56. The second kappa shape index (κ2) is 4.90. The highest BCUT2D eigenvalue weighted by atomic mass is 35.5. The average molecular weight is 261 g/mol. The lowest BCUT2D eigenvalue weighted by molar-refractivity contribution is 0.1000. The molecular formula is C12H9ClN4O. The van der Waals surface area contributed by atoms with Crippen molar-refractivity contribution in [2.45, 2.75) is 6.54 Å². The molecule has 6 heteroatoms. The van der Waals surface area contributed by atoms with Gasteiger partial charge >= 0.3 is 0 Å². The van der Waals surface area contributed by atoms with Crippen LogP contribution in [0.25, 0.3) is 0 Å². The molecule has 2 aromatic rings. The molecule has 2 rings (SSSR count). The van der Waals surface area contributed by atoms with Crippen LogP contribution in [0.3, 0.4) is 0 Å². The van der Waals surface area contributed by atoms with E-state index in [0.29, 0.717) is 22.7 Å². The van der Waals surface area contributed by atoms with Crippen molar-refractivity contribution in [1.29, 1.82) is 5.26 Å². The first-order valence-electron chi connectivity index (χ1n) is 5.11. The molecule has 0 saturated heterocycles. The van der Waals surface area contributed by atoms with E-state index in [1.807, 2.05) is 6.07 Å². The maximum absolute atomic E-state index is 10.9. The molecule has 0 radical (unpaired) electrons. The number of hydrogen-bond donors (Lipinski definition) is 1. The van der Waals surface area contributed by atoms with Crippen LogP contribution in [0.1, 0.15) is 21.5 Å². The summed E-state index contributed by atoms with van der Waals surface area (Å²) in [5.41, 5.74) is 6.80. The van der Waals surface area contributed by atoms with Gasteiger partial charge in [0.25, 0.3) is 5.91 Å². The van der Waals surface area contributed by atoms with Gasteiger partial charge in [0.2, 0.25) is 0 Å². The van der Waals surface area contributed by atoms with Crippen molar-refractivity contribution in [3.05, 3.63) is 52.3 Å². The van der Waals surface area contributed by atoms with E-state index in [0.717, 1.165) is 5.56 Å². The third-order valence-corrected chi connectivity index (χ3v) is 2.78. The van der Waals surface area contributed by atoms with Crippen molar-refractivity contribution in [3.63, 3.8) is 0 Å². The Hall–Kier alpha value is -2.32. The molecule has 0 aliphatic carbocycles. The highest BCUT2D eigenvalue weighted by Gasteiger charge is 2.07. The fourth-order valence-electron chi connectivity index (χ4n) is 1.50. The van der Waals surface area contributed by atoms with Crippen LogP contribution in [0.2, 0.25) is 5.02 Å². The van der Waals surface area contributed by atoms with Gasteiger partial charge in [-0.25, -0.2) is 0 Å². The lowest BCUT2D eigenvalue weighted by Crippen LogP contribution is -2.09. The molecule has 1 aromatic heterocycles. The van der Waals surface area contributed by atoms with Crippen LogP contribution in [-0.4, -0.2) is 15.7 Å². The summed E-state index contributed by atoms with van der Waals surface area (Å²) in [4.78, 5) is 10.9. The Bertz CT molecular complexity index is 642. The predicted molar refractivity (Wildman–Crippen MR) is 66.0 cm³/mol. The van der Waals surface area contributed by atoms with Crippen LogP contribution < -0.4 is 5.73 Å². The minimum Gasteiger partial charge on any atom is -0.366 e. The molecular weight excluding hydrogens is 252 g/mol. The van der Waals surface area contributed by atoms with Crippen LogP contribution in [0, 0.1) is 11.3 Å². The summed E-state index contributed by atoms with van der Waals surface area (Å²) in [5.74, 6) is -0.521. The standard InChI is InChI=1S/C12H9ClN4O/c13-11-3-8(4-14)1-2-9(11)6-17-7-10(5-16-17)12(15)18/h1-3,5,7H,6H2,(H2,15,18). The van der Waals surface area contributed by atoms with E-state index in [1.165, 1.54) is 6.20 Å². The van der Waals surface area contributed by atoms with Gasteiger partial charge in [0.1, 0.15) is 0 Å². The molecule has 0 atom stereocenters. The van der Waals surface area contributed by atoms with E-state index in [9.17, 15) is 4.79 Å². The van der Waals surface area contributed by atoms with Crippen LogP contribution in [0.4, 0.5) is 0 Å². The van der Waals surface area contributed by atoms with E-state index < -0.39 is 5.91 Å². The lowest BCUT2D eigenvalue weighted by Gasteiger charge is -2.04. The Balaban J connectivity index is 2.23. The fourth-order valence-corrected chi connectivity index (χ4v) is 1.74. The normalized spacial score (nSPS) is 10.0. The van der Waals surface area contributed by atoms with Crippen LogP contribution >= 0.6 is 11.6 Å². The molecule has 1 amide bonds. The first-order valence-corrected chi connectivity index (χ1v) is 5.48. The summed E-state index contributed by atoms with van der Waals surface area (Å²) in [5, 5.41) is 13.2. The number of amides is 1. The molecule has 0 bridgehead atoms. The van der Waals surface area contributed by atoms with Gasteiger partial charge in [-0.2, -0.15) is 10.4 Å². The number of nitrogens with two attached hydrogens (primary N) is 1. The molecule has 1 aromatic carbocycles. The summed E-state index contributed by atoms with van der Waals surface area (Å²) in [6.45, 7) is 0.415. The van der Waals surface area contributed by atoms with Crippen molar-refractivity contribution in [1.82, 2.24) is 9.78 Å². The van der Waals surface area contributed by atoms with E-state index in [1.54, 1.807) is 29.1 Å². The van der Waals surface area contributed by atoms with Gasteiger partial charge in [-0.1, -0.05) is 17.7 Å². The Kier molecular flexibility index (Phi) is 3.31. The highest BCUT2D eigenvalue weighted by molar-refractivity contribution is 6.31. The van der Waals surface area contributed by atoms with Crippen molar-refractivity contribution in [2.75, 3.05) is 0 Å². The number of aromatic nitrogens is 2. The zero-order valence-corrected chi connectivity index (χ0v) is 10.1. The molecule has 18 heavy (non-hydrogen) atoms. The van der Waals surface area contributed by atoms with E-state index in [-0.39, 0.29) is 0 Å². The van der Waals surface area contributed by atoms with Gasteiger partial charge < -0.3 is 5.73 Å². The van der Waals surface area contributed by atoms with Crippen LogP contribution in [0.15, 0.2) is 30.6 Å². The molecule has 0 aliphatic rings. The third-order valence-electron chi connectivity index (χ3n) is 2.43. The maximum atomic E-state index is 10.9. The Morgan fingerprint density at radius 3 is 2.89 bits per heavy atom. The molecule has 0 spiro atoms. The maximum Gasteiger partial charge on any atom is 0.251 e. The number of hydrogen-bond acceptors (Lipinski definition) is 3. The second-order valence-electron chi connectivity index (χ2n) is 3.71. The molecule has 1 heterocycles. The molecule has 5 nitrogen and oxygen atoms in total. The molecule has 0 saturated carbocycles. The van der Waals surface area contributed by atoms with Crippen molar-refractivity contribution < 1.29 is 4.79 Å². The Morgan fingerprint density at radius 1 is 1.56 bits per heavy atom. The number of carbonyl (C=O) groups excluding carboxylic acids is 1. The smallest absolute Gasteiger partial charge is 0.251 e. The molecule has 2 N–H and O–H groups in total. The second-order valence-corrected chi connectivity index (χ2v) is 4.12. The zero-order valence-electron chi connectivity index (χ0n) is 9.30. The highest BCUT2D eigenvalue weighted by Crippen LogP contribution is 2.18.